The smallest absolute Gasteiger partial charge is 0.410 e. The van der Waals surface area contributed by atoms with Crippen molar-refractivity contribution in [1.29, 1.82) is 0 Å². The van der Waals surface area contributed by atoms with Crippen LogP contribution in [0.1, 0.15) is 66.2 Å². The fourth-order valence-electron chi connectivity index (χ4n) is 3.81. The summed E-state index contributed by atoms with van der Waals surface area (Å²) in [6, 6.07) is 1.31. The molecule has 0 spiro atoms. The lowest BCUT2D eigenvalue weighted by molar-refractivity contribution is -0.129. The normalized spacial score (nSPS) is 25.6. The summed E-state index contributed by atoms with van der Waals surface area (Å²) in [5.74, 6) is 0.184. The molecule has 2 fully saturated rings. The Kier molecular flexibility index (Phi) is 6.72. The second-order valence-corrected chi connectivity index (χ2v) is 8.54. The van der Waals surface area contributed by atoms with Crippen LogP contribution in [-0.4, -0.2) is 65.7 Å². The monoisotopic (exact) mass is 353 g/mol. The molecular formula is C19H35N3O3. The van der Waals surface area contributed by atoms with Crippen LogP contribution >= 0.6 is 0 Å². The number of ether oxygens (including phenoxy) is 1. The Morgan fingerprint density at radius 3 is 2.00 bits per heavy atom. The molecule has 1 saturated carbocycles. The zero-order chi connectivity index (χ0) is 18.6. The topological polar surface area (TPSA) is 61.9 Å². The van der Waals surface area contributed by atoms with Crippen LogP contribution in [0.2, 0.25) is 0 Å². The minimum atomic E-state index is -0.446. The average Bonchev–Trinajstić information content (AvgIpc) is 2.54. The first-order chi connectivity index (χ1) is 11.7. The maximum absolute atomic E-state index is 12.2. The third kappa shape index (κ3) is 6.17. The fourth-order valence-corrected chi connectivity index (χ4v) is 3.81. The van der Waals surface area contributed by atoms with Gasteiger partial charge in [-0.15, -0.1) is 0 Å². The van der Waals surface area contributed by atoms with E-state index in [1.165, 1.54) is 0 Å². The van der Waals surface area contributed by atoms with Crippen LogP contribution in [0.3, 0.4) is 0 Å². The molecule has 0 atom stereocenters. The van der Waals surface area contributed by atoms with Gasteiger partial charge in [0.15, 0.2) is 0 Å². The molecule has 1 aliphatic heterocycles. The summed E-state index contributed by atoms with van der Waals surface area (Å²) in [5, 5.41) is 3.77. The van der Waals surface area contributed by atoms with Gasteiger partial charge >= 0.3 is 6.09 Å². The van der Waals surface area contributed by atoms with Gasteiger partial charge in [-0.2, -0.15) is 0 Å². The van der Waals surface area contributed by atoms with E-state index in [-0.39, 0.29) is 18.0 Å². The van der Waals surface area contributed by atoms with Gasteiger partial charge in [-0.25, -0.2) is 4.79 Å². The zero-order valence-electron chi connectivity index (χ0n) is 16.5. The van der Waals surface area contributed by atoms with E-state index >= 15 is 0 Å². The first kappa shape index (κ1) is 20.0. The molecule has 6 heteroatoms. The van der Waals surface area contributed by atoms with E-state index in [9.17, 15) is 9.59 Å². The van der Waals surface area contributed by atoms with Crippen molar-refractivity contribution in [2.45, 2.75) is 89.9 Å². The second-order valence-electron chi connectivity index (χ2n) is 8.54. The van der Waals surface area contributed by atoms with Gasteiger partial charge in [0.2, 0.25) is 5.91 Å². The van der Waals surface area contributed by atoms with Gasteiger partial charge in [-0.3, -0.25) is 4.79 Å². The predicted molar refractivity (Wildman–Crippen MR) is 98.5 cm³/mol. The Morgan fingerprint density at radius 2 is 1.52 bits per heavy atom. The van der Waals surface area contributed by atoms with E-state index in [2.05, 4.69) is 5.32 Å². The summed E-state index contributed by atoms with van der Waals surface area (Å²) in [6.45, 7) is 9.08. The second kappa shape index (κ2) is 8.39. The van der Waals surface area contributed by atoms with Crippen LogP contribution < -0.4 is 5.32 Å². The summed E-state index contributed by atoms with van der Waals surface area (Å²) in [5.41, 5.74) is -0.446. The van der Waals surface area contributed by atoms with Gasteiger partial charge in [-0.05, 0) is 59.3 Å². The molecule has 0 aromatic rings. The summed E-state index contributed by atoms with van der Waals surface area (Å²) in [6.07, 6.45) is 6.06. The van der Waals surface area contributed by atoms with Gasteiger partial charge in [0.05, 0.1) is 0 Å². The quantitative estimate of drug-likeness (QED) is 0.847. The molecule has 25 heavy (non-hydrogen) atoms. The van der Waals surface area contributed by atoms with Crippen LogP contribution in [0.5, 0.6) is 0 Å². The minimum absolute atomic E-state index is 0.184. The number of nitrogens with one attached hydrogen (secondary N) is 1. The fraction of sp³-hybridized carbons (Fsp3) is 0.895. The van der Waals surface area contributed by atoms with E-state index in [0.717, 1.165) is 51.6 Å². The first-order valence-electron chi connectivity index (χ1n) is 9.63. The van der Waals surface area contributed by atoms with Gasteiger partial charge in [0.25, 0.3) is 0 Å². The number of carbonyl (C=O) groups is 2. The standard InChI is InChI=1S/C19H35N3O3/c1-14(23)22-12-10-16(11-13-22)20-15-6-8-17(9-7-15)21(5)18(24)25-19(2,3)4/h15-17,20H,6-13H2,1-5H3. The molecule has 0 bridgehead atoms. The van der Waals surface area contributed by atoms with Crippen molar-refractivity contribution in [1.82, 2.24) is 15.1 Å². The van der Waals surface area contributed by atoms with Crippen LogP contribution in [0.25, 0.3) is 0 Å². The average molecular weight is 354 g/mol. The molecule has 0 aromatic heterocycles. The van der Waals surface area contributed by atoms with Crippen LogP contribution in [0, 0.1) is 0 Å². The summed E-state index contributed by atoms with van der Waals surface area (Å²) >= 11 is 0. The maximum atomic E-state index is 12.2. The van der Waals surface area contributed by atoms with Gasteiger partial charge in [0, 0.05) is 45.2 Å². The summed E-state index contributed by atoms with van der Waals surface area (Å²) < 4.78 is 5.47. The minimum Gasteiger partial charge on any atom is -0.444 e. The van der Waals surface area contributed by atoms with Crippen LogP contribution in [0.15, 0.2) is 0 Å². The maximum Gasteiger partial charge on any atom is 0.410 e. The summed E-state index contributed by atoms with van der Waals surface area (Å²) in [7, 11) is 1.85. The first-order valence-corrected chi connectivity index (χ1v) is 9.63. The Labute approximate surface area is 152 Å². The molecule has 6 nitrogen and oxygen atoms in total. The molecule has 2 rings (SSSR count). The molecule has 1 N–H and O–H groups in total. The molecule has 0 radical (unpaired) electrons. The highest BCUT2D eigenvalue weighted by Crippen LogP contribution is 2.25. The molecule has 1 aliphatic carbocycles. The molecule has 2 aliphatic rings. The zero-order valence-corrected chi connectivity index (χ0v) is 16.5. The number of hydrogen-bond donors (Lipinski definition) is 1. The van der Waals surface area contributed by atoms with Gasteiger partial charge < -0.3 is 19.9 Å². The van der Waals surface area contributed by atoms with Crippen molar-refractivity contribution >= 4 is 12.0 Å². The van der Waals surface area contributed by atoms with Crippen molar-refractivity contribution in [3.63, 3.8) is 0 Å². The molecule has 0 unspecified atom stereocenters. The number of amides is 2. The largest absolute Gasteiger partial charge is 0.444 e. The lowest BCUT2D eigenvalue weighted by Crippen LogP contribution is -2.50. The summed E-state index contributed by atoms with van der Waals surface area (Å²) in [4.78, 5) is 27.3. The lowest BCUT2D eigenvalue weighted by Gasteiger charge is -2.38. The highest BCUT2D eigenvalue weighted by atomic mass is 16.6. The number of carbonyl (C=O) groups excluding carboxylic acids is 2. The Hall–Kier alpha value is -1.30. The van der Waals surface area contributed by atoms with Crippen molar-refractivity contribution in [2.24, 2.45) is 0 Å². The molecule has 2 amide bonds. The Bertz CT molecular complexity index is 459. The lowest BCUT2D eigenvalue weighted by atomic mass is 9.89. The van der Waals surface area contributed by atoms with Crippen LogP contribution in [0.4, 0.5) is 4.79 Å². The number of rotatable bonds is 3. The SMILES string of the molecule is CC(=O)N1CCC(NC2CCC(N(C)C(=O)OC(C)(C)C)CC2)CC1. The Morgan fingerprint density at radius 1 is 1.00 bits per heavy atom. The van der Waals surface area contributed by atoms with Crippen molar-refractivity contribution < 1.29 is 14.3 Å². The van der Waals surface area contributed by atoms with Gasteiger partial charge in [0.1, 0.15) is 5.60 Å². The predicted octanol–water partition coefficient (Wildman–Crippen LogP) is 2.76. The molecule has 0 aromatic carbocycles. The third-order valence-electron chi connectivity index (χ3n) is 5.34. The molecular weight excluding hydrogens is 318 g/mol. The molecule has 1 heterocycles. The Balaban J connectivity index is 1.71. The van der Waals surface area contributed by atoms with E-state index in [1.807, 2.05) is 32.7 Å². The molecule has 144 valence electrons. The number of piperidine rings is 1. The van der Waals surface area contributed by atoms with E-state index in [4.69, 9.17) is 4.74 Å². The van der Waals surface area contributed by atoms with Gasteiger partial charge in [-0.1, -0.05) is 0 Å². The van der Waals surface area contributed by atoms with Crippen molar-refractivity contribution in [3.05, 3.63) is 0 Å². The number of nitrogens with zero attached hydrogens (tertiary/aromatic N) is 2. The van der Waals surface area contributed by atoms with E-state index in [1.54, 1.807) is 11.8 Å². The highest BCUT2D eigenvalue weighted by molar-refractivity contribution is 5.73. The van der Waals surface area contributed by atoms with E-state index < -0.39 is 5.60 Å². The number of likely N-dealkylation sites (tertiary alicyclic amines) is 1. The third-order valence-corrected chi connectivity index (χ3v) is 5.34. The van der Waals surface area contributed by atoms with Crippen LogP contribution in [-0.2, 0) is 9.53 Å². The van der Waals surface area contributed by atoms with Crippen molar-refractivity contribution in [2.75, 3.05) is 20.1 Å². The number of hydrogen-bond acceptors (Lipinski definition) is 4. The highest BCUT2D eigenvalue weighted by Gasteiger charge is 2.30. The molecule has 1 saturated heterocycles. The van der Waals surface area contributed by atoms with Crippen molar-refractivity contribution in [3.8, 4) is 0 Å². The van der Waals surface area contributed by atoms with E-state index in [0.29, 0.717) is 12.1 Å².